The summed E-state index contributed by atoms with van der Waals surface area (Å²) >= 11 is 0. The summed E-state index contributed by atoms with van der Waals surface area (Å²) in [6, 6.07) is 2.11. The average Bonchev–Trinajstić information content (AvgIpc) is 2.98. The third-order valence-electron chi connectivity index (χ3n) is 5.96. The third kappa shape index (κ3) is 0.945. The van der Waals surface area contributed by atoms with E-state index >= 15 is 0 Å². The maximum Gasteiger partial charge on any atom is 0.228 e. The molecule has 1 amide bonds. The summed E-state index contributed by atoms with van der Waals surface area (Å²) in [6.07, 6.45) is 2.08. The first-order valence-corrected chi connectivity index (χ1v) is 6.52. The zero-order chi connectivity index (χ0) is 13.3. The molecule has 4 nitrogen and oxygen atoms in total. The lowest BCUT2D eigenvalue weighted by Crippen LogP contribution is -2.58. The number of carbonyl (C=O) groups is 2. The van der Waals surface area contributed by atoms with Gasteiger partial charge in [0.25, 0.3) is 0 Å². The maximum absolute atomic E-state index is 12.5. The minimum atomic E-state index is -0.605. The fraction of sp³-hybridized carbons (Fsp3) is 0.786. The van der Waals surface area contributed by atoms with Crippen LogP contribution in [0.5, 0.6) is 0 Å². The number of amides is 1. The van der Waals surface area contributed by atoms with Gasteiger partial charge in [0, 0.05) is 19.0 Å². The van der Waals surface area contributed by atoms with Crippen molar-refractivity contribution in [2.75, 3.05) is 13.6 Å². The lowest BCUT2D eigenvalue weighted by molar-refractivity contribution is -0.159. The van der Waals surface area contributed by atoms with Crippen LogP contribution in [0.1, 0.15) is 33.1 Å². The number of carbonyl (C=O) groups excluding carboxylic acids is 2. The molecule has 1 aliphatic heterocycles. The van der Waals surface area contributed by atoms with Crippen LogP contribution in [0.2, 0.25) is 0 Å². The van der Waals surface area contributed by atoms with Gasteiger partial charge >= 0.3 is 0 Å². The average molecular weight is 246 g/mol. The van der Waals surface area contributed by atoms with Crippen LogP contribution in [0.25, 0.3) is 0 Å². The first-order chi connectivity index (χ1) is 8.32. The Labute approximate surface area is 107 Å². The molecule has 1 spiro atoms. The number of nitrogens with zero attached hydrogens (tertiary/aromatic N) is 2. The summed E-state index contributed by atoms with van der Waals surface area (Å²) in [7, 11) is 1.82. The highest BCUT2D eigenvalue weighted by molar-refractivity contribution is 5.98. The number of nitriles is 1. The molecule has 0 aromatic heterocycles. The molecular formula is C14H18N2O2. The van der Waals surface area contributed by atoms with Crippen molar-refractivity contribution in [3.63, 3.8) is 0 Å². The molecule has 2 unspecified atom stereocenters. The number of rotatable bonds is 0. The molecule has 1 heterocycles. The van der Waals surface area contributed by atoms with Crippen molar-refractivity contribution in [2.24, 2.45) is 22.2 Å². The Hall–Kier alpha value is -1.37. The Bertz CT molecular complexity index is 508. The minimum absolute atomic E-state index is 0.0693. The largest absolute Gasteiger partial charge is 0.345 e. The van der Waals surface area contributed by atoms with Crippen molar-refractivity contribution >= 4 is 11.7 Å². The molecule has 4 heteroatoms. The van der Waals surface area contributed by atoms with Gasteiger partial charge in [-0.15, -0.1) is 0 Å². The van der Waals surface area contributed by atoms with E-state index in [1.807, 2.05) is 20.9 Å². The smallest absolute Gasteiger partial charge is 0.228 e. The quantitative estimate of drug-likeness (QED) is 0.648. The highest BCUT2D eigenvalue weighted by Crippen LogP contribution is 2.79. The standard InChI is InChI=1S/C14H18N2O2/c1-12-6-9(7-15)10(17)13(2)8-14(12,13)4-5-16(3)11(12)18/h9H,4-6,8H2,1-3H3/t9?,12-,13?,14+/m1/s1. The Balaban J connectivity index is 2.11. The van der Waals surface area contributed by atoms with Gasteiger partial charge in [-0.05, 0) is 24.7 Å². The second kappa shape index (κ2) is 2.96. The summed E-state index contributed by atoms with van der Waals surface area (Å²) in [6.45, 7) is 4.65. The van der Waals surface area contributed by atoms with E-state index in [-0.39, 0.29) is 17.1 Å². The molecule has 0 N–H and O–H groups in total. The molecule has 96 valence electrons. The van der Waals surface area contributed by atoms with Gasteiger partial charge in [-0.3, -0.25) is 9.59 Å². The Morgan fingerprint density at radius 2 is 2.00 bits per heavy atom. The fourth-order valence-electron chi connectivity index (χ4n) is 4.68. The van der Waals surface area contributed by atoms with Crippen LogP contribution >= 0.6 is 0 Å². The molecule has 1 saturated heterocycles. The van der Waals surface area contributed by atoms with Crippen LogP contribution in [0.3, 0.4) is 0 Å². The number of Topliss-reactive ketones (excluding diaryl/α,β-unsaturated/α-hetero) is 1. The highest BCUT2D eigenvalue weighted by atomic mass is 16.2. The van der Waals surface area contributed by atoms with Gasteiger partial charge in [0.2, 0.25) is 5.91 Å². The summed E-state index contributed by atoms with van der Waals surface area (Å²) < 4.78 is 0. The predicted molar refractivity (Wildman–Crippen MR) is 64.2 cm³/mol. The van der Waals surface area contributed by atoms with Crippen molar-refractivity contribution in [3.8, 4) is 6.07 Å². The van der Waals surface area contributed by atoms with Crippen molar-refractivity contribution in [3.05, 3.63) is 0 Å². The normalized spacial score (nSPS) is 50.3. The zero-order valence-electron chi connectivity index (χ0n) is 11.1. The van der Waals surface area contributed by atoms with Crippen molar-refractivity contribution in [1.82, 2.24) is 4.90 Å². The van der Waals surface area contributed by atoms with E-state index in [1.165, 1.54) is 0 Å². The summed E-state index contributed by atoms with van der Waals surface area (Å²) in [5.41, 5.74) is -1.13. The van der Waals surface area contributed by atoms with Crippen LogP contribution in [0.15, 0.2) is 0 Å². The van der Waals surface area contributed by atoms with Gasteiger partial charge in [-0.1, -0.05) is 13.8 Å². The number of piperidine rings is 1. The number of hydrogen-bond donors (Lipinski definition) is 0. The van der Waals surface area contributed by atoms with Crippen LogP contribution < -0.4 is 0 Å². The fourth-order valence-corrected chi connectivity index (χ4v) is 4.68. The second-order valence-corrected chi connectivity index (χ2v) is 6.65. The van der Waals surface area contributed by atoms with E-state index in [9.17, 15) is 14.9 Å². The maximum atomic E-state index is 12.5. The number of ketones is 1. The second-order valence-electron chi connectivity index (χ2n) is 6.65. The van der Waals surface area contributed by atoms with Gasteiger partial charge in [-0.25, -0.2) is 0 Å². The van der Waals surface area contributed by atoms with Gasteiger partial charge in [0.05, 0.1) is 11.5 Å². The summed E-state index contributed by atoms with van der Waals surface area (Å²) in [5.74, 6) is -0.420. The summed E-state index contributed by atoms with van der Waals surface area (Å²) in [4.78, 5) is 26.6. The monoisotopic (exact) mass is 246 g/mol. The Kier molecular flexibility index (Phi) is 1.92. The van der Waals surface area contributed by atoms with Crippen LogP contribution in [0.4, 0.5) is 0 Å². The van der Waals surface area contributed by atoms with Gasteiger partial charge in [0.1, 0.15) is 5.92 Å². The molecule has 3 aliphatic rings. The van der Waals surface area contributed by atoms with Gasteiger partial charge < -0.3 is 4.90 Å². The van der Waals surface area contributed by atoms with E-state index in [1.54, 1.807) is 4.90 Å². The molecule has 0 aromatic rings. The van der Waals surface area contributed by atoms with Gasteiger partial charge in [0.15, 0.2) is 5.78 Å². The van der Waals surface area contributed by atoms with Crippen molar-refractivity contribution in [1.29, 1.82) is 5.26 Å². The molecule has 0 radical (unpaired) electrons. The lowest BCUT2D eigenvalue weighted by Gasteiger charge is -2.50. The lowest BCUT2D eigenvalue weighted by atomic mass is 9.56. The molecule has 0 aromatic carbocycles. The SMILES string of the molecule is CN1CC[C@@]23CC2(C)C(=O)C(C#N)C[C@]3(C)C1=O. The molecule has 0 bridgehead atoms. The third-order valence-corrected chi connectivity index (χ3v) is 5.96. The predicted octanol–water partition coefficient (Wildman–Crippen LogP) is 1.36. The van der Waals surface area contributed by atoms with E-state index in [4.69, 9.17) is 0 Å². The number of hydrogen-bond acceptors (Lipinski definition) is 3. The van der Waals surface area contributed by atoms with E-state index in [2.05, 4.69) is 6.07 Å². The molecule has 3 rings (SSSR count). The van der Waals surface area contributed by atoms with E-state index < -0.39 is 16.7 Å². The summed E-state index contributed by atoms with van der Waals surface area (Å²) in [5, 5.41) is 9.17. The first kappa shape index (κ1) is 11.7. The number of likely N-dealkylation sites (tertiary alicyclic amines) is 1. The minimum Gasteiger partial charge on any atom is -0.345 e. The molecule has 18 heavy (non-hydrogen) atoms. The van der Waals surface area contributed by atoms with Crippen molar-refractivity contribution < 1.29 is 9.59 Å². The molecule has 2 aliphatic carbocycles. The first-order valence-electron chi connectivity index (χ1n) is 6.52. The molecule has 4 atom stereocenters. The topological polar surface area (TPSA) is 61.2 Å². The van der Waals surface area contributed by atoms with Crippen molar-refractivity contribution in [2.45, 2.75) is 33.1 Å². The molecule has 3 fully saturated rings. The Morgan fingerprint density at radius 1 is 1.33 bits per heavy atom. The van der Waals surface area contributed by atoms with Crippen LogP contribution in [-0.4, -0.2) is 30.2 Å². The van der Waals surface area contributed by atoms with E-state index in [0.717, 1.165) is 19.4 Å². The van der Waals surface area contributed by atoms with Crippen LogP contribution in [0, 0.1) is 33.5 Å². The van der Waals surface area contributed by atoms with Crippen LogP contribution in [-0.2, 0) is 9.59 Å². The van der Waals surface area contributed by atoms with E-state index in [0.29, 0.717) is 6.42 Å². The highest BCUT2D eigenvalue weighted by Gasteiger charge is 2.81. The molecule has 2 saturated carbocycles. The molecular weight excluding hydrogens is 228 g/mol. The Morgan fingerprint density at radius 3 is 2.61 bits per heavy atom. The zero-order valence-corrected chi connectivity index (χ0v) is 11.1. The van der Waals surface area contributed by atoms with Gasteiger partial charge in [-0.2, -0.15) is 5.26 Å².